The van der Waals surface area contributed by atoms with Crippen molar-refractivity contribution >= 4 is 12.1 Å². The van der Waals surface area contributed by atoms with Gasteiger partial charge in [-0.2, -0.15) is 0 Å². The third kappa shape index (κ3) is 8.16. The van der Waals surface area contributed by atoms with Crippen LogP contribution in [0.2, 0.25) is 0 Å². The lowest BCUT2D eigenvalue weighted by Gasteiger charge is -2.28. The van der Waals surface area contributed by atoms with Crippen LogP contribution < -0.4 is 5.32 Å². The van der Waals surface area contributed by atoms with Gasteiger partial charge < -0.3 is 19.5 Å². The van der Waals surface area contributed by atoms with Crippen LogP contribution >= 0.6 is 0 Å². The Kier molecular flexibility index (Phi) is 10.1. The Bertz CT molecular complexity index is 573. The van der Waals surface area contributed by atoms with Gasteiger partial charge in [-0.1, -0.05) is 56.3 Å². The molecule has 0 heterocycles. The Labute approximate surface area is 155 Å². The maximum absolute atomic E-state index is 11.7. The van der Waals surface area contributed by atoms with Crippen LogP contribution in [-0.4, -0.2) is 38.9 Å². The van der Waals surface area contributed by atoms with Gasteiger partial charge in [-0.25, -0.2) is 4.79 Å². The van der Waals surface area contributed by atoms with E-state index < -0.39 is 6.09 Å². The van der Waals surface area contributed by atoms with E-state index in [4.69, 9.17) is 9.47 Å². The van der Waals surface area contributed by atoms with E-state index >= 15 is 0 Å². The Morgan fingerprint density at radius 2 is 1.81 bits per heavy atom. The number of esters is 1. The summed E-state index contributed by atoms with van der Waals surface area (Å²) in [5, 5.41) is 2.86. The number of carbonyl (C=O) groups excluding carboxylic acids is 2. The minimum absolute atomic E-state index is 0.00548. The van der Waals surface area contributed by atoms with Gasteiger partial charge in [0.1, 0.15) is 0 Å². The van der Waals surface area contributed by atoms with E-state index in [1.807, 2.05) is 50.3 Å². The minimum atomic E-state index is -0.488. The number of nitrogens with one attached hydrogen (secondary N) is 1. The lowest BCUT2D eigenvalue weighted by Crippen LogP contribution is -2.44. The summed E-state index contributed by atoms with van der Waals surface area (Å²) in [5.74, 6) is -0.255. The monoisotopic (exact) mass is 363 g/mol. The van der Waals surface area contributed by atoms with Gasteiger partial charge in [-0.05, 0) is 11.5 Å². The number of ether oxygens (including phenoxy) is 3. The summed E-state index contributed by atoms with van der Waals surface area (Å²) in [6.07, 6.45) is 3.36. The van der Waals surface area contributed by atoms with Crippen molar-refractivity contribution in [2.75, 3.05) is 20.8 Å². The Hall–Kier alpha value is -2.34. The summed E-state index contributed by atoms with van der Waals surface area (Å²) in [4.78, 5) is 22.9. The van der Waals surface area contributed by atoms with Gasteiger partial charge >= 0.3 is 12.1 Å². The molecule has 0 saturated heterocycles. The Morgan fingerprint density at radius 3 is 2.42 bits per heavy atom. The molecule has 144 valence electrons. The average Bonchev–Trinajstić information content (AvgIpc) is 2.66. The third-order valence-corrected chi connectivity index (χ3v) is 4.09. The molecule has 0 aliphatic heterocycles. The lowest BCUT2D eigenvalue weighted by atomic mass is 9.90. The van der Waals surface area contributed by atoms with Gasteiger partial charge in [-0.15, -0.1) is 0 Å². The first-order valence-electron chi connectivity index (χ1n) is 8.67. The highest BCUT2D eigenvalue weighted by Crippen LogP contribution is 2.17. The Morgan fingerprint density at radius 1 is 1.12 bits per heavy atom. The van der Waals surface area contributed by atoms with Gasteiger partial charge in [0.25, 0.3) is 0 Å². The zero-order chi connectivity index (χ0) is 19.4. The van der Waals surface area contributed by atoms with E-state index in [-0.39, 0.29) is 30.3 Å². The standard InChI is InChI=1S/C20H29NO5/c1-15(9-8-12-18(22)24-3)19(21-20(23)25-4)16(2)13-26-14-17-10-6-5-7-11-17/h5-11,15-16,19H,12-14H2,1-4H3,(H,21,23)/b9-8+/t15-,16-,19+/m0/s1. The molecule has 0 fully saturated rings. The first kappa shape index (κ1) is 21.7. The maximum atomic E-state index is 11.7. The maximum Gasteiger partial charge on any atom is 0.407 e. The highest BCUT2D eigenvalue weighted by molar-refractivity contribution is 5.70. The second-order valence-corrected chi connectivity index (χ2v) is 6.21. The van der Waals surface area contributed by atoms with Crippen molar-refractivity contribution in [2.45, 2.75) is 32.9 Å². The van der Waals surface area contributed by atoms with E-state index in [2.05, 4.69) is 10.1 Å². The molecular weight excluding hydrogens is 334 g/mol. The smallest absolute Gasteiger partial charge is 0.407 e. The molecule has 26 heavy (non-hydrogen) atoms. The molecule has 0 spiro atoms. The van der Waals surface area contributed by atoms with E-state index in [9.17, 15) is 9.59 Å². The summed E-state index contributed by atoms with van der Waals surface area (Å²) in [6.45, 7) is 4.99. The number of hydrogen-bond donors (Lipinski definition) is 1. The molecule has 1 aromatic rings. The van der Waals surface area contributed by atoms with E-state index in [0.717, 1.165) is 5.56 Å². The van der Waals surface area contributed by atoms with Crippen molar-refractivity contribution < 1.29 is 23.8 Å². The summed E-state index contributed by atoms with van der Waals surface area (Å²) in [7, 11) is 2.69. The average molecular weight is 363 g/mol. The fraction of sp³-hybridized carbons (Fsp3) is 0.500. The fourth-order valence-corrected chi connectivity index (χ4v) is 2.61. The first-order valence-corrected chi connectivity index (χ1v) is 8.67. The number of benzene rings is 1. The number of hydrogen-bond acceptors (Lipinski definition) is 5. The van der Waals surface area contributed by atoms with Crippen LogP contribution in [0, 0.1) is 11.8 Å². The van der Waals surface area contributed by atoms with Crippen molar-refractivity contribution in [1.82, 2.24) is 5.32 Å². The second-order valence-electron chi connectivity index (χ2n) is 6.21. The topological polar surface area (TPSA) is 73.9 Å². The molecule has 0 bridgehead atoms. The van der Waals surface area contributed by atoms with Crippen molar-refractivity contribution in [3.8, 4) is 0 Å². The van der Waals surface area contributed by atoms with Crippen molar-refractivity contribution in [3.63, 3.8) is 0 Å². The fourth-order valence-electron chi connectivity index (χ4n) is 2.61. The SMILES string of the molecule is COC(=O)C/C=C/[C@H](C)[C@@H](NC(=O)OC)[C@@H](C)COCc1ccccc1. The summed E-state index contributed by atoms with van der Waals surface area (Å²) >= 11 is 0. The van der Waals surface area contributed by atoms with E-state index in [0.29, 0.717) is 13.2 Å². The number of methoxy groups -OCH3 is 2. The first-order chi connectivity index (χ1) is 12.5. The molecule has 1 amide bonds. The van der Waals surface area contributed by atoms with Crippen molar-refractivity contribution in [3.05, 3.63) is 48.0 Å². The molecule has 6 heteroatoms. The highest BCUT2D eigenvalue weighted by Gasteiger charge is 2.24. The quantitative estimate of drug-likeness (QED) is 0.510. The summed E-state index contributed by atoms with van der Waals surface area (Å²) in [5.41, 5.74) is 1.10. The van der Waals surface area contributed by atoms with Gasteiger partial charge in [0, 0.05) is 12.0 Å². The molecule has 1 rings (SSSR count). The molecular formula is C20H29NO5. The molecule has 0 unspecified atom stereocenters. The van der Waals surface area contributed by atoms with E-state index in [1.54, 1.807) is 6.08 Å². The second kappa shape index (κ2) is 12.1. The highest BCUT2D eigenvalue weighted by atomic mass is 16.5. The summed E-state index contributed by atoms with van der Waals surface area (Å²) < 4.78 is 15.1. The van der Waals surface area contributed by atoms with Crippen LogP contribution in [0.4, 0.5) is 4.79 Å². The van der Waals surface area contributed by atoms with Gasteiger partial charge in [0.2, 0.25) is 0 Å². The predicted molar refractivity (Wildman–Crippen MR) is 99.5 cm³/mol. The largest absolute Gasteiger partial charge is 0.469 e. The molecule has 0 saturated carbocycles. The number of alkyl carbamates (subject to hydrolysis) is 1. The zero-order valence-electron chi connectivity index (χ0n) is 15.9. The van der Waals surface area contributed by atoms with Gasteiger partial charge in [-0.3, -0.25) is 4.79 Å². The van der Waals surface area contributed by atoms with Gasteiger partial charge in [0.05, 0.1) is 33.9 Å². The predicted octanol–water partition coefficient (Wildman–Crippen LogP) is 3.32. The number of carbonyl (C=O) groups is 2. The van der Waals surface area contributed by atoms with Crippen LogP contribution in [0.3, 0.4) is 0 Å². The number of rotatable bonds is 10. The van der Waals surface area contributed by atoms with Crippen LogP contribution in [-0.2, 0) is 25.6 Å². The molecule has 0 aromatic heterocycles. The molecule has 6 nitrogen and oxygen atoms in total. The Balaban J connectivity index is 2.61. The molecule has 0 aliphatic carbocycles. The number of amides is 1. The van der Waals surface area contributed by atoms with E-state index in [1.165, 1.54) is 14.2 Å². The molecule has 1 aromatic carbocycles. The normalized spacial score (nSPS) is 14.5. The molecule has 0 radical (unpaired) electrons. The molecule has 0 aliphatic rings. The van der Waals surface area contributed by atoms with Crippen LogP contribution in [0.25, 0.3) is 0 Å². The van der Waals surface area contributed by atoms with Crippen molar-refractivity contribution in [2.24, 2.45) is 11.8 Å². The zero-order valence-corrected chi connectivity index (χ0v) is 15.9. The van der Waals surface area contributed by atoms with Gasteiger partial charge in [0.15, 0.2) is 0 Å². The minimum Gasteiger partial charge on any atom is -0.469 e. The molecule has 1 N–H and O–H groups in total. The summed E-state index contributed by atoms with van der Waals surface area (Å²) in [6, 6.07) is 9.73. The lowest BCUT2D eigenvalue weighted by molar-refractivity contribution is -0.139. The third-order valence-electron chi connectivity index (χ3n) is 4.09. The van der Waals surface area contributed by atoms with Crippen LogP contribution in [0.1, 0.15) is 25.8 Å². The van der Waals surface area contributed by atoms with Crippen molar-refractivity contribution in [1.29, 1.82) is 0 Å². The van der Waals surface area contributed by atoms with Crippen LogP contribution in [0.5, 0.6) is 0 Å². The molecule has 3 atom stereocenters. The van der Waals surface area contributed by atoms with Crippen LogP contribution in [0.15, 0.2) is 42.5 Å².